The van der Waals surface area contributed by atoms with E-state index in [1.807, 2.05) is 17.2 Å². The molecular weight excluding hydrogens is 498 g/mol. The number of hydrogen-bond donors (Lipinski definition) is 0. The summed E-state index contributed by atoms with van der Waals surface area (Å²) in [6.45, 7) is 2.86. The van der Waals surface area contributed by atoms with Gasteiger partial charge in [0.1, 0.15) is 23.5 Å². The van der Waals surface area contributed by atoms with E-state index in [9.17, 15) is 4.79 Å². The summed E-state index contributed by atoms with van der Waals surface area (Å²) in [4.78, 5) is 25.5. The minimum Gasteiger partial charge on any atom is -0.496 e. The van der Waals surface area contributed by atoms with Crippen molar-refractivity contribution in [1.29, 1.82) is 0 Å². The summed E-state index contributed by atoms with van der Waals surface area (Å²) in [6.07, 6.45) is 17.2. The fourth-order valence-corrected chi connectivity index (χ4v) is 6.95. The van der Waals surface area contributed by atoms with Crippen LogP contribution in [0.3, 0.4) is 0 Å². The number of aryl methyl sites for hydroxylation is 1. The van der Waals surface area contributed by atoms with E-state index in [0.29, 0.717) is 17.8 Å². The van der Waals surface area contributed by atoms with E-state index in [4.69, 9.17) is 19.1 Å². The fraction of sp³-hybridized carbons (Fsp3) is 0.559. The molecule has 2 heterocycles. The molecule has 2 aromatic heterocycles. The Balaban J connectivity index is 1.18. The lowest BCUT2D eigenvalue weighted by Gasteiger charge is -2.35. The summed E-state index contributed by atoms with van der Waals surface area (Å²) < 4.78 is 11.3. The molecule has 0 N–H and O–H groups in total. The number of carbonyl (C=O) groups is 1. The summed E-state index contributed by atoms with van der Waals surface area (Å²) in [6, 6.07) is 10.7. The van der Waals surface area contributed by atoms with Gasteiger partial charge >= 0.3 is 0 Å². The molecule has 40 heavy (non-hydrogen) atoms. The second-order valence-electron chi connectivity index (χ2n) is 12.3. The summed E-state index contributed by atoms with van der Waals surface area (Å²) in [7, 11) is 1.73. The molecule has 6 nitrogen and oxygen atoms in total. The van der Waals surface area contributed by atoms with Crippen LogP contribution in [0.4, 0.5) is 5.82 Å². The maximum atomic E-state index is 14.0. The van der Waals surface area contributed by atoms with Crippen LogP contribution in [0.5, 0.6) is 5.75 Å². The van der Waals surface area contributed by atoms with Gasteiger partial charge in [-0.05, 0) is 99.5 Å². The number of carbonyl (C=O) groups excluding carboxylic acids is 1. The van der Waals surface area contributed by atoms with E-state index < -0.39 is 0 Å². The number of ether oxygens (including phenoxy) is 1. The minimum atomic E-state index is 0.107. The van der Waals surface area contributed by atoms with Crippen LogP contribution in [0.25, 0.3) is 11.3 Å². The van der Waals surface area contributed by atoms with Gasteiger partial charge in [0, 0.05) is 30.1 Å². The summed E-state index contributed by atoms with van der Waals surface area (Å²) >= 11 is 0. The highest BCUT2D eigenvalue weighted by molar-refractivity contribution is 5.94. The van der Waals surface area contributed by atoms with Gasteiger partial charge in [-0.2, -0.15) is 0 Å². The van der Waals surface area contributed by atoms with Gasteiger partial charge < -0.3 is 9.15 Å². The van der Waals surface area contributed by atoms with Crippen molar-refractivity contribution < 1.29 is 13.9 Å². The lowest BCUT2D eigenvalue weighted by atomic mass is 9.78. The van der Waals surface area contributed by atoms with Gasteiger partial charge in [-0.25, -0.2) is 9.97 Å². The number of amides is 1. The molecule has 0 spiro atoms. The number of methoxy groups -OCH3 is 1. The maximum Gasteiger partial charge on any atom is 0.231 e. The fourth-order valence-electron chi connectivity index (χ4n) is 6.95. The van der Waals surface area contributed by atoms with Gasteiger partial charge in [-0.3, -0.25) is 9.69 Å². The Hall–Kier alpha value is -3.15. The third-order valence-corrected chi connectivity index (χ3v) is 9.69. The van der Waals surface area contributed by atoms with Crippen LogP contribution >= 0.6 is 0 Å². The first kappa shape index (κ1) is 27.0. The van der Waals surface area contributed by atoms with E-state index in [0.717, 1.165) is 99.5 Å². The van der Waals surface area contributed by atoms with Crippen molar-refractivity contribution in [2.45, 2.75) is 95.8 Å². The van der Waals surface area contributed by atoms with Gasteiger partial charge in [0.05, 0.1) is 7.11 Å². The molecule has 3 aliphatic carbocycles. The first-order chi connectivity index (χ1) is 19.6. The van der Waals surface area contributed by atoms with Crippen molar-refractivity contribution in [1.82, 2.24) is 9.97 Å². The second-order valence-corrected chi connectivity index (χ2v) is 12.3. The molecule has 0 bridgehead atoms. The van der Waals surface area contributed by atoms with E-state index in [-0.39, 0.29) is 11.8 Å². The van der Waals surface area contributed by atoms with Crippen LogP contribution in [-0.2, 0) is 4.79 Å². The summed E-state index contributed by atoms with van der Waals surface area (Å²) in [5.41, 5.74) is 4.42. The van der Waals surface area contributed by atoms with Crippen molar-refractivity contribution in [3.05, 3.63) is 59.8 Å². The average Bonchev–Trinajstić information content (AvgIpc) is 3.45. The van der Waals surface area contributed by atoms with Gasteiger partial charge in [0.2, 0.25) is 5.91 Å². The molecule has 0 radical (unpaired) electrons. The van der Waals surface area contributed by atoms with E-state index in [1.54, 1.807) is 13.4 Å². The predicted octanol–water partition coefficient (Wildman–Crippen LogP) is 8.21. The minimum absolute atomic E-state index is 0.107. The van der Waals surface area contributed by atoms with Crippen molar-refractivity contribution >= 4 is 11.7 Å². The maximum absolute atomic E-state index is 14.0. The highest BCUT2D eigenvalue weighted by Gasteiger charge is 2.32. The summed E-state index contributed by atoms with van der Waals surface area (Å²) in [5.74, 6) is 4.42. The Bertz CT molecular complexity index is 1300. The number of rotatable bonds is 8. The molecule has 212 valence electrons. The Kier molecular flexibility index (Phi) is 8.22. The number of benzene rings is 1. The van der Waals surface area contributed by atoms with Gasteiger partial charge in [0.15, 0.2) is 5.89 Å². The molecule has 0 atom stereocenters. The number of aromatic nitrogens is 2. The normalized spacial score (nSPS) is 22.1. The van der Waals surface area contributed by atoms with E-state index in [2.05, 4.69) is 31.2 Å². The molecule has 0 aliphatic heterocycles. The number of anilines is 1. The second kappa shape index (κ2) is 12.2. The molecule has 0 unspecified atom stereocenters. The lowest BCUT2D eigenvalue weighted by molar-refractivity contribution is -0.123. The standard InChI is InChI=1S/C34H43N3O3/c1-23-19-28(15-16-31(23)39-2)25-13-11-24(12-14-25)21-37(34(38)27-7-4-3-5-8-27)32-20-29(17-18-35-32)30-22-40-33(36-30)26-9-6-10-26/h15-20,22,24-27H,3-14,21H2,1-2H3. The van der Waals surface area contributed by atoms with Crippen molar-refractivity contribution in [2.75, 3.05) is 18.6 Å². The first-order valence-electron chi connectivity index (χ1n) is 15.5. The number of nitrogens with zero attached hydrogens (tertiary/aromatic N) is 3. The number of pyridine rings is 1. The molecular formula is C34H43N3O3. The van der Waals surface area contributed by atoms with Crippen LogP contribution in [0.2, 0.25) is 0 Å². The topological polar surface area (TPSA) is 68.5 Å². The van der Waals surface area contributed by atoms with Crippen LogP contribution in [-0.4, -0.2) is 29.5 Å². The molecule has 3 aromatic rings. The highest BCUT2D eigenvalue weighted by atomic mass is 16.5. The van der Waals surface area contributed by atoms with Crippen molar-refractivity contribution in [3.63, 3.8) is 0 Å². The first-order valence-corrected chi connectivity index (χ1v) is 15.5. The third kappa shape index (κ3) is 5.82. The Morgan fingerprint density at radius 1 is 0.950 bits per heavy atom. The predicted molar refractivity (Wildman–Crippen MR) is 158 cm³/mol. The van der Waals surface area contributed by atoms with Crippen molar-refractivity contribution in [2.24, 2.45) is 11.8 Å². The molecule has 3 aliphatic rings. The Morgan fingerprint density at radius 3 is 2.45 bits per heavy atom. The zero-order valence-corrected chi connectivity index (χ0v) is 24.1. The van der Waals surface area contributed by atoms with E-state index >= 15 is 0 Å². The Morgan fingerprint density at radius 2 is 1.75 bits per heavy atom. The van der Waals surface area contributed by atoms with Gasteiger partial charge in [-0.15, -0.1) is 0 Å². The quantitative estimate of drug-likeness (QED) is 0.287. The molecule has 6 heteroatoms. The van der Waals surface area contributed by atoms with Gasteiger partial charge in [-0.1, -0.05) is 37.8 Å². The van der Waals surface area contributed by atoms with Crippen LogP contribution < -0.4 is 9.64 Å². The third-order valence-electron chi connectivity index (χ3n) is 9.69. The Labute approximate surface area is 238 Å². The largest absolute Gasteiger partial charge is 0.496 e. The smallest absolute Gasteiger partial charge is 0.231 e. The van der Waals surface area contributed by atoms with Gasteiger partial charge in [0.25, 0.3) is 0 Å². The van der Waals surface area contributed by atoms with Crippen LogP contribution in [0.15, 0.2) is 47.2 Å². The van der Waals surface area contributed by atoms with Crippen molar-refractivity contribution in [3.8, 4) is 17.0 Å². The summed E-state index contributed by atoms with van der Waals surface area (Å²) in [5, 5.41) is 0. The van der Waals surface area contributed by atoms with Crippen LogP contribution in [0, 0.1) is 18.8 Å². The highest BCUT2D eigenvalue weighted by Crippen LogP contribution is 2.39. The zero-order valence-electron chi connectivity index (χ0n) is 24.1. The molecule has 3 saturated carbocycles. The molecule has 6 rings (SSSR count). The SMILES string of the molecule is COc1ccc(C2CCC(CN(C(=O)C3CCCCC3)c3cc(-c4coc(C5CCC5)n4)ccn3)CC2)cc1C. The average molecular weight is 542 g/mol. The monoisotopic (exact) mass is 541 g/mol. The molecule has 1 aromatic carbocycles. The number of hydrogen-bond acceptors (Lipinski definition) is 5. The molecule has 0 saturated heterocycles. The van der Waals surface area contributed by atoms with Crippen LogP contribution in [0.1, 0.15) is 106 Å². The lowest BCUT2D eigenvalue weighted by Crippen LogP contribution is -2.41. The molecule has 3 fully saturated rings. The zero-order chi connectivity index (χ0) is 27.5. The van der Waals surface area contributed by atoms with E-state index in [1.165, 1.54) is 24.0 Å². The number of oxazole rings is 1. The molecule has 1 amide bonds.